The van der Waals surface area contributed by atoms with Crippen LogP contribution < -0.4 is 10.1 Å². The fourth-order valence-corrected chi connectivity index (χ4v) is 4.45. The Morgan fingerprint density at radius 1 is 1.00 bits per heavy atom. The van der Waals surface area contributed by atoms with Crippen molar-refractivity contribution in [3.8, 4) is 17.1 Å². The molecule has 0 bridgehead atoms. The molecule has 0 saturated heterocycles. The van der Waals surface area contributed by atoms with Crippen LogP contribution in [-0.2, 0) is 6.54 Å². The van der Waals surface area contributed by atoms with E-state index in [-0.39, 0.29) is 24.3 Å². The molecule has 2 heterocycles. The number of benzene rings is 3. The number of methoxy groups -OCH3 is 1. The fourth-order valence-electron chi connectivity index (χ4n) is 4.45. The summed E-state index contributed by atoms with van der Waals surface area (Å²) in [4.78, 5) is 39.9. The second kappa shape index (κ2) is 8.98. The maximum atomic E-state index is 13.2. The van der Waals surface area contributed by atoms with Crippen LogP contribution in [0.2, 0.25) is 0 Å². The first-order valence-electron chi connectivity index (χ1n) is 11.9. The maximum absolute atomic E-state index is 13.2. The first kappa shape index (κ1) is 22.6. The average Bonchev–Trinajstić information content (AvgIpc) is 3.61. The number of tetrazole rings is 1. The highest BCUT2D eigenvalue weighted by Crippen LogP contribution is 2.36. The molecule has 37 heavy (non-hydrogen) atoms. The molecule has 3 aromatic carbocycles. The van der Waals surface area contributed by atoms with Crippen LogP contribution in [0.25, 0.3) is 11.4 Å². The van der Waals surface area contributed by atoms with Gasteiger partial charge in [0.25, 0.3) is 17.7 Å². The molecule has 4 aromatic rings. The maximum Gasteiger partial charge on any atom is 0.261 e. The molecule has 1 fully saturated rings. The van der Waals surface area contributed by atoms with Gasteiger partial charge in [-0.15, -0.1) is 5.10 Å². The smallest absolute Gasteiger partial charge is 0.261 e. The van der Waals surface area contributed by atoms with E-state index in [0.717, 1.165) is 18.4 Å². The largest absolute Gasteiger partial charge is 0.496 e. The topological polar surface area (TPSA) is 119 Å². The van der Waals surface area contributed by atoms with Crippen LogP contribution in [0.4, 0.5) is 5.69 Å². The van der Waals surface area contributed by atoms with Crippen molar-refractivity contribution in [3.63, 3.8) is 0 Å². The third-order valence-electron chi connectivity index (χ3n) is 6.51. The summed E-state index contributed by atoms with van der Waals surface area (Å²) in [5.74, 6) is -0.00572. The number of rotatable bonds is 7. The van der Waals surface area contributed by atoms with Crippen molar-refractivity contribution in [2.45, 2.75) is 25.4 Å². The van der Waals surface area contributed by atoms with Crippen LogP contribution in [0.3, 0.4) is 0 Å². The monoisotopic (exact) mass is 494 g/mol. The third-order valence-corrected chi connectivity index (χ3v) is 6.51. The standard InChI is InChI=1S/C27H22N6O4/c1-37-23-13-6-16(15-32-26(35)20-4-2-3-5-21(20)27(32)36)14-22(23)25(34)28-18-9-7-17(8-10-18)24-29-30-31-33(24)19-11-12-19/h2-10,13-14,19H,11-12,15H2,1H3,(H,28,34). The van der Waals surface area contributed by atoms with Crippen molar-refractivity contribution in [2.24, 2.45) is 0 Å². The predicted molar refractivity (Wildman–Crippen MR) is 133 cm³/mol. The van der Waals surface area contributed by atoms with Crippen LogP contribution in [0, 0.1) is 0 Å². The molecule has 1 aromatic heterocycles. The summed E-state index contributed by atoms with van der Waals surface area (Å²) in [5.41, 5.74) is 3.13. The van der Waals surface area contributed by atoms with Gasteiger partial charge in [-0.25, -0.2) is 4.68 Å². The van der Waals surface area contributed by atoms with Gasteiger partial charge in [-0.2, -0.15) is 0 Å². The van der Waals surface area contributed by atoms with E-state index >= 15 is 0 Å². The number of imide groups is 1. The SMILES string of the molecule is COc1ccc(CN2C(=O)c3ccccc3C2=O)cc1C(=O)Nc1ccc(-c2nnnn2C2CC2)cc1. The molecule has 1 aliphatic carbocycles. The van der Waals surface area contributed by atoms with Gasteiger partial charge in [0.2, 0.25) is 0 Å². The molecule has 2 aliphatic rings. The zero-order valence-corrected chi connectivity index (χ0v) is 19.9. The molecular weight excluding hydrogens is 472 g/mol. The Morgan fingerprint density at radius 2 is 1.70 bits per heavy atom. The number of carbonyl (C=O) groups is 3. The number of hydrogen-bond acceptors (Lipinski definition) is 7. The number of amides is 3. The lowest BCUT2D eigenvalue weighted by molar-refractivity contribution is 0.0642. The first-order chi connectivity index (χ1) is 18.0. The number of nitrogens with one attached hydrogen (secondary N) is 1. The molecular formula is C27H22N6O4. The van der Waals surface area contributed by atoms with Crippen LogP contribution in [0.1, 0.15) is 55.5 Å². The highest BCUT2D eigenvalue weighted by molar-refractivity contribution is 6.21. The van der Waals surface area contributed by atoms with Gasteiger partial charge < -0.3 is 10.1 Å². The molecule has 10 nitrogen and oxygen atoms in total. The fraction of sp³-hybridized carbons (Fsp3) is 0.185. The Kier molecular flexibility index (Phi) is 5.48. The van der Waals surface area contributed by atoms with Crippen LogP contribution in [0.15, 0.2) is 66.7 Å². The van der Waals surface area contributed by atoms with Gasteiger partial charge in [0.1, 0.15) is 5.75 Å². The van der Waals surface area contributed by atoms with Crippen molar-refractivity contribution in [1.82, 2.24) is 25.1 Å². The van der Waals surface area contributed by atoms with Crippen molar-refractivity contribution in [1.29, 1.82) is 0 Å². The van der Waals surface area contributed by atoms with Crippen LogP contribution in [0.5, 0.6) is 5.75 Å². The van der Waals surface area contributed by atoms with E-state index in [1.807, 2.05) is 16.8 Å². The zero-order valence-electron chi connectivity index (χ0n) is 19.9. The van der Waals surface area contributed by atoms with E-state index < -0.39 is 0 Å². The number of hydrogen-bond donors (Lipinski definition) is 1. The van der Waals surface area contributed by atoms with Crippen molar-refractivity contribution in [2.75, 3.05) is 12.4 Å². The number of nitrogens with zero attached hydrogens (tertiary/aromatic N) is 5. The number of fused-ring (bicyclic) bond motifs is 1. The molecule has 3 amide bonds. The second-order valence-corrected chi connectivity index (χ2v) is 8.99. The minimum absolute atomic E-state index is 0.0427. The van der Waals surface area contributed by atoms with Crippen molar-refractivity contribution in [3.05, 3.63) is 89.0 Å². The molecule has 6 rings (SSSR count). The van der Waals surface area contributed by atoms with Gasteiger partial charge in [0.15, 0.2) is 5.82 Å². The van der Waals surface area contributed by atoms with E-state index in [1.165, 1.54) is 12.0 Å². The molecule has 1 N–H and O–H groups in total. The van der Waals surface area contributed by atoms with E-state index in [2.05, 4.69) is 20.8 Å². The Bertz CT molecular complexity index is 1510. The number of carbonyl (C=O) groups excluding carboxylic acids is 3. The zero-order chi connectivity index (χ0) is 25.5. The van der Waals surface area contributed by atoms with Crippen LogP contribution in [-0.4, -0.2) is 49.9 Å². The molecule has 0 atom stereocenters. The van der Waals surface area contributed by atoms with Gasteiger partial charge in [-0.3, -0.25) is 19.3 Å². The van der Waals surface area contributed by atoms with Crippen molar-refractivity contribution >= 4 is 23.4 Å². The van der Waals surface area contributed by atoms with Gasteiger partial charge in [0.05, 0.1) is 36.4 Å². The number of ether oxygens (including phenoxy) is 1. The Hall–Kier alpha value is -4.86. The van der Waals surface area contributed by atoms with Gasteiger partial charge in [0, 0.05) is 11.3 Å². The van der Waals surface area contributed by atoms with Gasteiger partial charge in [-0.05, 0) is 77.4 Å². The Morgan fingerprint density at radius 3 is 2.35 bits per heavy atom. The summed E-state index contributed by atoms with van der Waals surface area (Å²) in [6.45, 7) is 0.0427. The summed E-state index contributed by atoms with van der Waals surface area (Å²) in [6.07, 6.45) is 2.14. The number of anilines is 1. The second-order valence-electron chi connectivity index (χ2n) is 8.99. The lowest BCUT2D eigenvalue weighted by Gasteiger charge is -2.16. The van der Waals surface area contributed by atoms with Gasteiger partial charge >= 0.3 is 0 Å². The minimum Gasteiger partial charge on any atom is -0.496 e. The highest BCUT2D eigenvalue weighted by atomic mass is 16.5. The molecule has 10 heteroatoms. The number of aromatic nitrogens is 4. The molecule has 1 aliphatic heterocycles. The highest BCUT2D eigenvalue weighted by Gasteiger charge is 2.35. The summed E-state index contributed by atoms with van der Waals surface area (Å²) < 4.78 is 7.23. The summed E-state index contributed by atoms with van der Waals surface area (Å²) in [6, 6.07) is 19.4. The molecule has 0 spiro atoms. The Labute approximate surface area is 211 Å². The molecule has 1 saturated carbocycles. The molecule has 0 unspecified atom stereocenters. The van der Waals surface area contributed by atoms with Crippen molar-refractivity contribution < 1.29 is 19.1 Å². The van der Waals surface area contributed by atoms with E-state index in [9.17, 15) is 14.4 Å². The quantitative estimate of drug-likeness (QED) is 0.389. The summed E-state index contributed by atoms with van der Waals surface area (Å²) >= 11 is 0. The summed E-state index contributed by atoms with van der Waals surface area (Å²) in [5, 5.41) is 14.9. The Balaban J connectivity index is 1.20. The first-order valence-corrected chi connectivity index (χ1v) is 11.9. The van der Waals surface area contributed by atoms with Crippen LogP contribution >= 0.6 is 0 Å². The van der Waals surface area contributed by atoms with Gasteiger partial charge in [-0.1, -0.05) is 18.2 Å². The third kappa shape index (κ3) is 4.12. The van der Waals surface area contributed by atoms with E-state index in [1.54, 1.807) is 54.6 Å². The lowest BCUT2D eigenvalue weighted by Crippen LogP contribution is -2.29. The molecule has 184 valence electrons. The average molecular weight is 495 g/mol. The molecule has 0 radical (unpaired) electrons. The van der Waals surface area contributed by atoms with E-state index in [0.29, 0.717) is 45.6 Å². The van der Waals surface area contributed by atoms with E-state index in [4.69, 9.17) is 4.74 Å². The minimum atomic E-state index is -0.378. The lowest BCUT2D eigenvalue weighted by atomic mass is 10.1. The normalized spacial score (nSPS) is 14.6. The predicted octanol–water partition coefficient (Wildman–Crippen LogP) is 3.73. The summed E-state index contributed by atoms with van der Waals surface area (Å²) in [7, 11) is 1.48.